The predicted octanol–water partition coefficient (Wildman–Crippen LogP) is 4.28. The Labute approximate surface area is 125 Å². The van der Waals surface area contributed by atoms with E-state index in [0.717, 1.165) is 11.3 Å². The van der Waals surface area contributed by atoms with Crippen molar-refractivity contribution >= 4 is 33.4 Å². The number of benzene rings is 1. The van der Waals surface area contributed by atoms with E-state index in [9.17, 15) is 4.79 Å². The molecule has 0 fully saturated rings. The number of hydrogen-bond donors (Lipinski definition) is 0. The van der Waals surface area contributed by atoms with E-state index in [0.29, 0.717) is 21.6 Å². The molecule has 0 atom stereocenters. The molecule has 2 aromatic rings. The monoisotopic (exact) mass is 341 g/mol. The van der Waals surface area contributed by atoms with E-state index >= 15 is 0 Å². The summed E-state index contributed by atoms with van der Waals surface area (Å²) in [5.74, 6) is 0.773. The lowest BCUT2D eigenvalue weighted by molar-refractivity contribution is 0.0784. The molecule has 0 aliphatic rings. The smallest absolute Gasteiger partial charge is 0.253 e. The third-order valence-corrected chi connectivity index (χ3v) is 4.10. The van der Waals surface area contributed by atoms with Gasteiger partial charge in [0, 0.05) is 29.2 Å². The van der Waals surface area contributed by atoms with Crippen molar-refractivity contribution in [1.82, 2.24) is 4.90 Å². The molecule has 1 aromatic heterocycles. The summed E-state index contributed by atoms with van der Waals surface area (Å²) in [6.45, 7) is 2.40. The number of amides is 1. The first-order valence-corrected chi connectivity index (χ1v) is 6.89. The van der Waals surface area contributed by atoms with Crippen LogP contribution in [0.25, 0.3) is 0 Å². The van der Waals surface area contributed by atoms with Gasteiger partial charge in [-0.05, 0) is 47.1 Å². The number of aryl methyl sites for hydroxylation is 1. The van der Waals surface area contributed by atoms with E-state index in [1.165, 1.54) is 0 Å². The van der Waals surface area contributed by atoms with E-state index in [-0.39, 0.29) is 5.91 Å². The Kier molecular flexibility index (Phi) is 4.32. The quantitative estimate of drug-likeness (QED) is 0.834. The molecule has 1 aromatic carbocycles. The zero-order valence-corrected chi connectivity index (χ0v) is 13.0. The van der Waals surface area contributed by atoms with Gasteiger partial charge in [0.2, 0.25) is 0 Å². The average molecular weight is 343 g/mol. The van der Waals surface area contributed by atoms with Crippen molar-refractivity contribution in [2.75, 3.05) is 7.05 Å². The average Bonchev–Trinajstić information content (AvgIpc) is 2.77. The Balaban J connectivity index is 2.15. The van der Waals surface area contributed by atoms with Gasteiger partial charge < -0.3 is 9.32 Å². The highest BCUT2D eigenvalue weighted by Crippen LogP contribution is 2.24. The Morgan fingerprint density at radius 3 is 2.74 bits per heavy atom. The molecule has 0 N–H and O–H groups in total. The topological polar surface area (TPSA) is 33.5 Å². The summed E-state index contributed by atoms with van der Waals surface area (Å²) in [5.41, 5.74) is 1.60. The van der Waals surface area contributed by atoms with Crippen molar-refractivity contribution in [2.24, 2.45) is 0 Å². The van der Waals surface area contributed by atoms with Crippen molar-refractivity contribution in [3.8, 4) is 0 Å². The summed E-state index contributed by atoms with van der Waals surface area (Å²) in [6.07, 6.45) is 1.63. The van der Waals surface area contributed by atoms with Crippen molar-refractivity contribution in [1.29, 1.82) is 0 Å². The minimum Gasteiger partial charge on any atom is -0.469 e. The van der Waals surface area contributed by atoms with Gasteiger partial charge in [0.25, 0.3) is 5.91 Å². The summed E-state index contributed by atoms with van der Waals surface area (Å²) < 4.78 is 5.94. The SMILES string of the molecule is Cc1occc1CN(C)C(=O)c1ccc(Cl)c(Br)c1. The maximum Gasteiger partial charge on any atom is 0.253 e. The van der Waals surface area contributed by atoms with Crippen LogP contribution in [0.4, 0.5) is 0 Å². The van der Waals surface area contributed by atoms with Gasteiger partial charge in [0.05, 0.1) is 11.3 Å². The van der Waals surface area contributed by atoms with Crippen molar-refractivity contribution in [3.05, 3.63) is 56.9 Å². The maximum atomic E-state index is 12.3. The molecule has 0 spiro atoms. The number of carbonyl (C=O) groups excluding carboxylic acids is 1. The molecule has 0 saturated carbocycles. The van der Waals surface area contributed by atoms with E-state index in [4.69, 9.17) is 16.0 Å². The summed E-state index contributed by atoms with van der Waals surface area (Å²) in [6, 6.07) is 7.02. The summed E-state index contributed by atoms with van der Waals surface area (Å²) >= 11 is 9.23. The molecule has 0 aliphatic heterocycles. The normalized spacial score (nSPS) is 10.5. The van der Waals surface area contributed by atoms with Crippen LogP contribution in [0.15, 0.2) is 39.4 Å². The van der Waals surface area contributed by atoms with Crippen LogP contribution in [0.3, 0.4) is 0 Å². The molecule has 100 valence electrons. The molecular weight excluding hydrogens is 330 g/mol. The van der Waals surface area contributed by atoms with Gasteiger partial charge in [-0.25, -0.2) is 0 Å². The lowest BCUT2D eigenvalue weighted by Gasteiger charge is -2.17. The molecule has 19 heavy (non-hydrogen) atoms. The van der Waals surface area contributed by atoms with Crippen LogP contribution in [0.5, 0.6) is 0 Å². The Bertz CT molecular complexity index is 609. The van der Waals surface area contributed by atoms with E-state index < -0.39 is 0 Å². The zero-order valence-electron chi connectivity index (χ0n) is 10.6. The van der Waals surface area contributed by atoms with Crippen LogP contribution in [0, 0.1) is 6.92 Å². The van der Waals surface area contributed by atoms with Crippen LogP contribution < -0.4 is 0 Å². The minimum atomic E-state index is -0.0574. The third-order valence-electron chi connectivity index (χ3n) is 2.89. The van der Waals surface area contributed by atoms with Crippen LogP contribution in [-0.2, 0) is 6.54 Å². The van der Waals surface area contributed by atoms with Crippen LogP contribution in [0.1, 0.15) is 21.7 Å². The molecule has 0 radical (unpaired) electrons. The Hall–Kier alpha value is -1.26. The third kappa shape index (κ3) is 3.19. The highest BCUT2D eigenvalue weighted by atomic mass is 79.9. The molecule has 1 heterocycles. The second-order valence-corrected chi connectivity index (χ2v) is 5.55. The molecule has 1 amide bonds. The molecule has 0 bridgehead atoms. The highest BCUT2D eigenvalue weighted by molar-refractivity contribution is 9.10. The van der Waals surface area contributed by atoms with Crippen LogP contribution >= 0.6 is 27.5 Å². The van der Waals surface area contributed by atoms with E-state index in [2.05, 4.69) is 15.9 Å². The summed E-state index contributed by atoms with van der Waals surface area (Å²) in [7, 11) is 1.76. The molecule has 0 aliphatic carbocycles. The fraction of sp³-hybridized carbons (Fsp3) is 0.214. The summed E-state index contributed by atoms with van der Waals surface area (Å²) in [5, 5.41) is 0.588. The van der Waals surface area contributed by atoms with Crippen molar-refractivity contribution in [2.45, 2.75) is 13.5 Å². The maximum absolute atomic E-state index is 12.3. The van der Waals surface area contributed by atoms with Crippen LogP contribution in [-0.4, -0.2) is 17.9 Å². The second kappa shape index (κ2) is 5.80. The Morgan fingerprint density at radius 2 is 2.16 bits per heavy atom. The second-order valence-electron chi connectivity index (χ2n) is 4.29. The molecule has 3 nitrogen and oxygen atoms in total. The number of halogens is 2. The lowest BCUT2D eigenvalue weighted by atomic mass is 10.2. The highest BCUT2D eigenvalue weighted by Gasteiger charge is 2.14. The Morgan fingerprint density at radius 1 is 1.42 bits per heavy atom. The van der Waals surface area contributed by atoms with Crippen LogP contribution in [0.2, 0.25) is 5.02 Å². The number of carbonyl (C=O) groups is 1. The van der Waals surface area contributed by atoms with E-state index in [1.807, 2.05) is 13.0 Å². The molecular formula is C14H13BrClNO2. The fourth-order valence-corrected chi connectivity index (χ4v) is 2.25. The number of rotatable bonds is 3. The van der Waals surface area contributed by atoms with Gasteiger partial charge in [-0.1, -0.05) is 11.6 Å². The largest absolute Gasteiger partial charge is 0.469 e. The number of furan rings is 1. The van der Waals surface area contributed by atoms with Gasteiger partial charge in [-0.15, -0.1) is 0 Å². The molecule has 0 saturated heterocycles. The zero-order chi connectivity index (χ0) is 14.0. The van der Waals surface area contributed by atoms with Gasteiger partial charge in [0.15, 0.2) is 0 Å². The minimum absolute atomic E-state index is 0.0574. The predicted molar refractivity (Wildman–Crippen MR) is 78.4 cm³/mol. The molecule has 5 heteroatoms. The first kappa shape index (κ1) is 14.2. The standard InChI is InChI=1S/C14H13BrClNO2/c1-9-11(5-6-19-9)8-17(2)14(18)10-3-4-13(16)12(15)7-10/h3-7H,8H2,1-2H3. The van der Waals surface area contributed by atoms with Gasteiger partial charge in [-0.3, -0.25) is 4.79 Å². The van der Waals surface area contributed by atoms with Gasteiger partial charge >= 0.3 is 0 Å². The summed E-state index contributed by atoms with van der Waals surface area (Å²) in [4.78, 5) is 13.9. The first-order chi connectivity index (χ1) is 8.99. The lowest BCUT2D eigenvalue weighted by Crippen LogP contribution is -2.26. The van der Waals surface area contributed by atoms with Crippen molar-refractivity contribution < 1.29 is 9.21 Å². The number of nitrogens with zero attached hydrogens (tertiary/aromatic N) is 1. The first-order valence-electron chi connectivity index (χ1n) is 5.72. The molecule has 0 unspecified atom stereocenters. The van der Waals surface area contributed by atoms with Gasteiger partial charge in [0.1, 0.15) is 5.76 Å². The van der Waals surface area contributed by atoms with Crippen molar-refractivity contribution in [3.63, 3.8) is 0 Å². The van der Waals surface area contributed by atoms with E-state index in [1.54, 1.807) is 36.4 Å². The molecule has 2 rings (SSSR count). The fourth-order valence-electron chi connectivity index (χ4n) is 1.75. The number of hydrogen-bond acceptors (Lipinski definition) is 2. The van der Waals surface area contributed by atoms with Gasteiger partial charge in [-0.2, -0.15) is 0 Å².